The number of piperazine rings is 1. The summed E-state index contributed by atoms with van der Waals surface area (Å²) in [6.07, 6.45) is 5.93. The first kappa shape index (κ1) is 20.6. The van der Waals surface area contributed by atoms with Gasteiger partial charge >= 0.3 is 0 Å². The number of benzene rings is 1. The van der Waals surface area contributed by atoms with Crippen molar-refractivity contribution < 1.29 is 4.79 Å². The lowest BCUT2D eigenvalue weighted by Gasteiger charge is -2.37. The zero-order valence-electron chi connectivity index (χ0n) is 18.0. The van der Waals surface area contributed by atoms with E-state index in [1.54, 1.807) is 0 Å². The largest absolute Gasteiger partial charge is 0.355 e. The maximum atomic E-state index is 13.1. The quantitative estimate of drug-likeness (QED) is 0.756. The Kier molecular flexibility index (Phi) is 6.82. The van der Waals surface area contributed by atoms with E-state index in [0.29, 0.717) is 0 Å². The molecule has 0 radical (unpaired) electrons. The third kappa shape index (κ3) is 4.74. The van der Waals surface area contributed by atoms with Gasteiger partial charge in [-0.25, -0.2) is 0 Å². The molecule has 1 atom stereocenters. The van der Waals surface area contributed by atoms with Gasteiger partial charge in [-0.2, -0.15) is 0 Å². The molecule has 3 heterocycles. The summed E-state index contributed by atoms with van der Waals surface area (Å²) in [6.45, 7) is 7.32. The third-order valence-electron chi connectivity index (χ3n) is 6.39. The van der Waals surface area contributed by atoms with E-state index >= 15 is 0 Å². The Labute approximate surface area is 179 Å². The summed E-state index contributed by atoms with van der Waals surface area (Å²) in [6, 6.07) is 14.3. The van der Waals surface area contributed by atoms with Crippen LogP contribution in [0.1, 0.15) is 50.5 Å². The molecule has 0 saturated carbocycles. The highest BCUT2D eigenvalue weighted by Crippen LogP contribution is 2.24. The van der Waals surface area contributed by atoms with Gasteiger partial charge in [-0.1, -0.05) is 50.1 Å². The summed E-state index contributed by atoms with van der Waals surface area (Å²) in [4.78, 5) is 19.7. The van der Waals surface area contributed by atoms with E-state index in [0.717, 1.165) is 62.9 Å². The summed E-state index contributed by atoms with van der Waals surface area (Å²) < 4.78 is 0. The molecule has 1 amide bonds. The van der Waals surface area contributed by atoms with Crippen molar-refractivity contribution >= 4 is 17.5 Å². The number of nitrogens with zero attached hydrogens (tertiary/aromatic N) is 5. The number of rotatable bonds is 5. The lowest BCUT2D eigenvalue weighted by molar-refractivity contribution is -0.133. The SMILES string of the molecule is CCC(C(=O)N1CCN(c2ccc(N3CCCCCC3)nn2)CC1)c1ccccc1. The number of anilines is 2. The van der Waals surface area contributed by atoms with Crippen molar-refractivity contribution in [2.24, 2.45) is 0 Å². The molecule has 1 aromatic carbocycles. The minimum Gasteiger partial charge on any atom is -0.355 e. The van der Waals surface area contributed by atoms with E-state index in [9.17, 15) is 4.79 Å². The number of aromatic nitrogens is 2. The lowest BCUT2D eigenvalue weighted by atomic mass is 9.95. The van der Waals surface area contributed by atoms with Gasteiger partial charge in [-0.15, -0.1) is 10.2 Å². The molecule has 6 nitrogen and oxygen atoms in total. The summed E-state index contributed by atoms with van der Waals surface area (Å²) in [5.74, 6) is 2.09. The number of carbonyl (C=O) groups excluding carboxylic acids is 1. The van der Waals surface area contributed by atoms with E-state index in [-0.39, 0.29) is 11.8 Å². The fraction of sp³-hybridized carbons (Fsp3) is 0.542. The number of hydrogen-bond acceptors (Lipinski definition) is 5. The Morgan fingerprint density at radius 2 is 1.37 bits per heavy atom. The van der Waals surface area contributed by atoms with Gasteiger partial charge in [0.25, 0.3) is 0 Å². The fourth-order valence-electron chi connectivity index (χ4n) is 4.57. The second-order valence-electron chi connectivity index (χ2n) is 8.33. The van der Waals surface area contributed by atoms with Crippen LogP contribution in [-0.2, 0) is 4.79 Å². The molecule has 6 heteroatoms. The molecule has 0 bridgehead atoms. The molecule has 30 heavy (non-hydrogen) atoms. The predicted molar refractivity (Wildman–Crippen MR) is 121 cm³/mol. The Morgan fingerprint density at radius 3 is 1.90 bits per heavy atom. The van der Waals surface area contributed by atoms with E-state index in [1.165, 1.54) is 25.7 Å². The van der Waals surface area contributed by atoms with Crippen LogP contribution in [0.15, 0.2) is 42.5 Å². The van der Waals surface area contributed by atoms with Gasteiger partial charge in [0.15, 0.2) is 11.6 Å². The Hall–Kier alpha value is -2.63. The minimum absolute atomic E-state index is 0.0505. The van der Waals surface area contributed by atoms with Crippen LogP contribution in [0.4, 0.5) is 11.6 Å². The van der Waals surface area contributed by atoms with Crippen molar-refractivity contribution in [3.8, 4) is 0 Å². The van der Waals surface area contributed by atoms with E-state index in [4.69, 9.17) is 0 Å². The molecule has 0 N–H and O–H groups in total. The Balaban J connectivity index is 1.34. The second-order valence-corrected chi connectivity index (χ2v) is 8.33. The number of hydrogen-bond donors (Lipinski definition) is 0. The zero-order valence-corrected chi connectivity index (χ0v) is 18.0. The highest BCUT2D eigenvalue weighted by Gasteiger charge is 2.28. The molecule has 160 valence electrons. The van der Waals surface area contributed by atoms with Gasteiger partial charge in [0.1, 0.15) is 0 Å². The van der Waals surface area contributed by atoms with Gasteiger partial charge in [-0.05, 0) is 37.0 Å². The lowest BCUT2D eigenvalue weighted by Crippen LogP contribution is -2.50. The van der Waals surface area contributed by atoms with Gasteiger partial charge < -0.3 is 14.7 Å². The van der Waals surface area contributed by atoms with Gasteiger partial charge in [0.2, 0.25) is 5.91 Å². The van der Waals surface area contributed by atoms with Crippen LogP contribution in [-0.4, -0.2) is 60.3 Å². The highest BCUT2D eigenvalue weighted by atomic mass is 16.2. The molecule has 4 rings (SSSR count). The molecule has 1 unspecified atom stereocenters. The van der Waals surface area contributed by atoms with Crippen molar-refractivity contribution in [2.75, 3.05) is 49.1 Å². The molecule has 1 aromatic heterocycles. The molecule has 2 saturated heterocycles. The standard InChI is InChI=1S/C24H33N5O/c1-2-21(20-10-6-5-7-11-20)24(30)29-18-16-28(17-19-29)23-13-12-22(25-26-23)27-14-8-3-4-9-15-27/h5-7,10-13,21H,2-4,8-9,14-19H2,1H3. The van der Waals surface area contributed by atoms with Gasteiger partial charge in [0, 0.05) is 39.3 Å². The molecule has 0 aliphatic carbocycles. The van der Waals surface area contributed by atoms with Gasteiger partial charge in [0.05, 0.1) is 5.92 Å². The Bertz CT molecular complexity index is 794. The molecule has 2 fully saturated rings. The molecular formula is C24H33N5O. The van der Waals surface area contributed by atoms with Crippen LogP contribution in [0.2, 0.25) is 0 Å². The summed E-state index contributed by atoms with van der Waals surface area (Å²) in [5, 5.41) is 9.02. The van der Waals surface area contributed by atoms with Crippen LogP contribution in [0.25, 0.3) is 0 Å². The van der Waals surface area contributed by atoms with E-state index < -0.39 is 0 Å². The van der Waals surface area contributed by atoms with Crippen molar-refractivity contribution in [3.63, 3.8) is 0 Å². The normalized spacial score (nSPS) is 18.8. The second kappa shape index (κ2) is 9.92. The number of carbonyl (C=O) groups is 1. The van der Waals surface area contributed by atoms with E-state index in [2.05, 4.69) is 51.2 Å². The third-order valence-corrected chi connectivity index (χ3v) is 6.39. The molecule has 2 aromatic rings. The molecule has 2 aliphatic rings. The van der Waals surface area contributed by atoms with Crippen molar-refractivity contribution in [3.05, 3.63) is 48.0 Å². The first-order valence-electron chi connectivity index (χ1n) is 11.4. The van der Waals surface area contributed by atoms with Crippen LogP contribution in [0.3, 0.4) is 0 Å². The first-order valence-corrected chi connectivity index (χ1v) is 11.4. The van der Waals surface area contributed by atoms with Crippen LogP contribution >= 0.6 is 0 Å². The maximum Gasteiger partial charge on any atom is 0.230 e. The molecule has 2 aliphatic heterocycles. The van der Waals surface area contributed by atoms with Crippen LogP contribution in [0.5, 0.6) is 0 Å². The van der Waals surface area contributed by atoms with Gasteiger partial charge in [-0.3, -0.25) is 4.79 Å². The fourth-order valence-corrected chi connectivity index (χ4v) is 4.57. The minimum atomic E-state index is -0.0505. The smallest absolute Gasteiger partial charge is 0.230 e. The van der Waals surface area contributed by atoms with Crippen LogP contribution < -0.4 is 9.80 Å². The van der Waals surface area contributed by atoms with Crippen molar-refractivity contribution in [1.29, 1.82) is 0 Å². The summed E-state index contributed by atoms with van der Waals surface area (Å²) in [7, 11) is 0. The molecular weight excluding hydrogens is 374 g/mol. The number of amides is 1. The maximum absolute atomic E-state index is 13.1. The zero-order chi connectivity index (χ0) is 20.8. The summed E-state index contributed by atoms with van der Waals surface area (Å²) >= 11 is 0. The van der Waals surface area contributed by atoms with Crippen LogP contribution in [0, 0.1) is 0 Å². The van der Waals surface area contributed by atoms with Crippen molar-refractivity contribution in [2.45, 2.75) is 44.9 Å². The predicted octanol–water partition coefficient (Wildman–Crippen LogP) is 3.70. The average molecular weight is 408 g/mol. The Morgan fingerprint density at radius 1 is 0.800 bits per heavy atom. The summed E-state index contributed by atoms with van der Waals surface area (Å²) in [5.41, 5.74) is 1.11. The monoisotopic (exact) mass is 407 g/mol. The van der Waals surface area contributed by atoms with E-state index in [1.807, 2.05) is 23.1 Å². The topological polar surface area (TPSA) is 52.6 Å². The first-order chi connectivity index (χ1) is 14.8. The highest BCUT2D eigenvalue weighted by molar-refractivity contribution is 5.84. The molecule has 0 spiro atoms. The average Bonchev–Trinajstić information content (AvgIpc) is 3.10. The van der Waals surface area contributed by atoms with Crippen molar-refractivity contribution in [1.82, 2.24) is 15.1 Å².